The van der Waals surface area contributed by atoms with E-state index in [-0.39, 0.29) is 5.75 Å². The molecule has 0 radical (unpaired) electrons. The second-order valence-electron chi connectivity index (χ2n) is 6.47. The largest absolute Gasteiger partial charge is 0.454 e. The number of aryl methyl sites for hydroxylation is 1. The zero-order valence-electron chi connectivity index (χ0n) is 16.8. The van der Waals surface area contributed by atoms with Crippen LogP contribution in [0.15, 0.2) is 59.9 Å². The molecular formula is C21H25FN6O. The molecule has 0 atom stereocenters. The van der Waals surface area contributed by atoms with Crippen LogP contribution in [0.3, 0.4) is 0 Å². The molecule has 3 aromatic rings. The Morgan fingerprint density at radius 2 is 1.90 bits per heavy atom. The molecule has 152 valence electrons. The first-order valence-corrected chi connectivity index (χ1v) is 9.41. The molecule has 0 spiro atoms. The number of hydrogen-bond donors (Lipinski definition) is 1. The fourth-order valence-corrected chi connectivity index (χ4v) is 2.76. The SMILES string of the molecule is CCNC(=NCc1ccccc1Oc1ccccc1F)N(C)Cc1ncnn1C. The van der Waals surface area contributed by atoms with Gasteiger partial charge in [0, 0.05) is 26.2 Å². The van der Waals surface area contributed by atoms with E-state index in [1.807, 2.05) is 50.2 Å². The normalized spacial score (nSPS) is 11.4. The van der Waals surface area contributed by atoms with Gasteiger partial charge in [-0.2, -0.15) is 5.10 Å². The molecule has 1 N–H and O–H groups in total. The maximum atomic E-state index is 14.0. The summed E-state index contributed by atoms with van der Waals surface area (Å²) in [7, 11) is 3.80. The summed E-state index contributed by atoms with van der Waals surface area (Å²) < 4.78 is 21.5. The van der Waals surface area contributed by atoms with Crippen LogP contribution in [0, 0.1) is 5.82 Å². The lowest BCUT2D eigenvalue weighted by atomic mass is 10.2. The van der Waals surface area contributed by atoms with Gasteiger partial charge in [0.25, 0.3) is 0 Å². The molecule has 3 rings (SSSR count). The summed E-state index contributed by atoms with van der Waals surface area (Å²) in [5.41, 5.74) is 0.859. The van der Waals surface area contributed by atoms with Crippen molar-refractivity contribution in [2.45, 2.75) is 20.0 Å². The maximum absolute atomic E-state index is 14.0. The predicted molar refractivity (Wildman–Crippen MR) is 110 cm³/mol. The highest BCUT2D eigenvalue weighted by Crippen LogP contribution is 2.27. The fraction of sp³-hybridized carbons (Fsp3) is 0.286. The number of aromatic nitrogens is 3. The third kappa shape index (κ3) is 5.31. The van der Waals surface area contributed by atoms with E-state index in [9.17, 15) is 4.39 Å². The van der Waals surface area contributed by atoms with Gasteiger partial charge in [-0.25, -0.2) is 14.4 Å². The molecule has 0 unspecified atom stereocenters. The highest BCUT2D eigenvalue weighted by molar-refractivity contribution is 5.79. The number of ether oxygens (including phenoxy) is 1. The van der Waals surface area contributed by atoms with E-state index in [0.29, 0.717) is 18.8 Å². The molecule has 0 amide bonds. The molecule has 0 aliphatic carbocycles. The Balaban J connectivity index is 1.77. The minimum Gasteiger partial charge on any atom is -0.454 e. The van der Waals surface area contributed by atoms with Gasteiger partial charge in [0.1, 0.15) is 17.9 Å². The Hall–Kier alpha value is -3.42. The average molecular weight is 396 g/mol. The summed E-state index contributed by atoms with van der Waals surface area (Å²) in [5.74, 6) is 1.93. The van der Waals surface area contributed by atoms with E-state index in [1.165, 1.54) is 12.4 Å². The Morgan fingerprint density at radius 1 is 1.17 bits per heavy atom. The van der Waals surface area contributed by atoms with Gasteiger partial charge in [-0.05, 0) is 25.1 Å². The van der Waals surface area contributed by atoms with Crippen LogP contribution in [0.25, 0.3) is 0 Å². The summed E-state index contributed by atoms with van der Waals surface area (Å²) >= 11 is 0. The van der Waals surface area contributed by atoms with Crippen LogP contribution >= 0.6 is 0 Å². The van der Waals surface area contributed by atoms with Crippen LogP contribution in [0.5, 0.6) is 11.5 Å². The van der Waals surface area contributed by atoms with Crippen molar-refractivity contribution in [1.82, 2.24) is 25.0 Å². The summed E-state index contributed by atoms with van der Waals surface area (Å²) in [5, 5.41) is 7.38. The van der Waals surface area contributed by atoms with Gasteiger partial charge in [-0.15, -0.1) is 0 Å². The fourth-order valence-electron chi connectivity index (χ4n) is 2.76. The van der Waals surface area contributed by atoms with Crippen LogP contribution in [0.4, 0.5) is 4.39 Å². The van der Waals surface area contributed by atoms with Crippen molar-refractivity contribution in [2.24, 2.45) is 12.0 Å². The van der Waals surface area contributed by atoms with Crippen LogP contribution in [-0.4, -0.2) is 39.2 Å². The summed E-state index contributed by atoms with van der Waals surface area (Å²) in [6.07, 6.45) is 1.53. The molecule has 1 aromatic heterocycles. The molecule has 7 nitrogen and oxygen atoms in total. The smallest absolute Gasteiger partial charge is 0.194 e. The van der Waals surface area contributed by atoms with Gasteiger partial charge >= 0.3 is 0 Å². The van der Waals surface area contributed by atoms with Gasteiger partial charge < -0.3 is 15.0 Å². The van der Waals surface area contributed by atoms with Crippen LogP contribution in [0.1, 0.15) is 18.3 Å². The van der Waals surface area contributed by atoms with E-state index in [1.54, 1.807) is 22.9 Å². The van der Waals surface area contributed by atoms with Crippen LogP contribution in [-0.2, 0) is 20.1 Å². The predicted octanol–water partition coefficient (Wildman–Crippen LogP) is 3.34. The topological polar surface area (TPSA) is 67.6 Å². The van der Waals surface area contributed by atoms with Gasteiger partial charge in [-0.3, -0.25) is 4.68 Å². The lowest BCUT2D eigenvalue weighted by Crippen LogP contribution is -2.39. The minimum atomic E-state index is -0.400. The number of guanidine groups is 1. The molecule has 0 saturated heterocycles. The number of aliphatic imine (C=N–C) groups is 1. The first-order chi connectivity index (χ1) is 14.1. The first-order valence-electron chi connectivity index (χ1n) is 9.41. The van der Waals surface area contributed by atoms with Crippen molar-refractivity contribution < 1.29 is 9.13 Å². The van der Waals surface area contributed by atoms with Crippen molar-refractivity contribution >= 4 is 5.96 Å². The molecule has 0 bridgehead atoms. The highest BCUT2D eigenvalue weighted by atomic mass is 19.1. The molecule has 0 aliphatic rings. The van der Waals surface area contributed by atoms with Crippen LogP contribution in [0.2, 0.25) is 0 Å². The third-order valence-corrected chi connectivity index (χ3v) is 4.31. The number of halogens is 1. The van der Waals surface area contributed by atoms with E-state index in [0.717, 1.165) is 23.9 Å². The summed E-state index contributed by atoms with van der Waals surface area (Å²) in [6, 6.07) is 13.9. The minimum absolute atomic E-state index is 0.190. The summed E-state index contributed by atoms with van der Waals surface area (Å²) in [4.78, 5) is 11.0. The molecule has 8 heteroatoms. The zero-order chi connectivity index (χ0) is 20.6. The number of para-hydroxylation sites is 2. The second kappa shape index (κ2) is 9.68. The molecule has 29 heavy (non-hydrogen) atoms. The molecule has 0 aliphatic heterocycles. The van der Waals surface area contributed by atoms with Gasteiger partial charge in [0.05, 0.1) is 13.1 Å². The van der Waals surface area contributed by atoms with E-state index in [4.69, 9.17) is 9.73 Å². The van der Waals surface area contributed by atoms with Gasteiger partial charge in [0.15, 0.2) is 17.5 Å². The monoisotopic (exact) mass is 396 g/mol. The quantitative estimate of drug-likeness (QED) is 0.490. The number of nitrogens with one attached hydrogen (secondary N) is 1. The number of nitrogens with zero attached hydrogens (tertiary/aromatic N) is 5. The summed E-state index contributed by atoms with van der Waals surface area (Å²) in [6.45, 7) is 3.70. The van der Waals surface area contributed by atoms with Crippen molar-refractivity contribution in [2.75, 3.05) is 13.6 Å². The molecule has 1 heterocycles. The Labute approximate surface area is 169 Å². The first kappa shape index (κ1) is 20.3. The standard InChI is InChI=1S/C21H25FN6O/c1-4-23-21(27(2)14-20-25-15-26-28(20)3)24-13-16-9-5-7-11-18(16)29-19-12-8-6-10-17(19)22/h5-12,15H,4,13-14H2,1-3H3,(H,23,24). The van der Waals surface area contributed by atoms with Crippen molar-refractivity contribution in [3.05, 3.63) is 72.1 Å². The number of benzene rings is 2. The van der Waals surface area contributed by atoms with E-state index >= 15 is 0 Å². The molecule has 2 aromatic carbocycles. The average Bonchev–Trinajstić information content (AvgIpc) is 3.12. The lowest BCUT2D eigenvalue weighted by Gasteiger charge is -2.21. The lowest BCUT2D eigenvalue weighted by molar-refractivity contribution is 0.436. The molecular weight excluding hydrogens is 371 g/mol. The van der Waals surface area contributed by atoms with Crippen molar-refractivity contribution in [3.63, 3.8) is 0 Å². The van der Waals surface area contributed by atoms with E-state index in [2.05, 4.69) is 15.4 Å². The van der Waals surface area contributed by atoms with Crippen molar-refractivity contribution in [3.8, 4) is 11.5 Å². The third-order valence-electron chi connectivity index (χ3n) is 4.31. The number of hydrogen-bond acceptors (Lipinski definition) is 4. The highest BCUT2D eigenvalue weighted by Gasteiger charge is 2.12. The van der Waals surface area contributed by atoms with Crippen LogP contribution < -0.4 is 10.1 Å². The maximum Gasteiger partial charge on any atom is 0.194 e. The van der Waals surface area contributed by atoms with E-state index < -0.39 is 5.82 Å². The van der Waals surface area contributed by atoms with Crippen molar-refractivity contribution in [1.29, 1.82) is 0 Å². The molecule has 0 fully saturated rings. The van der Waals surface area contributed by atoms with Gasteiger partial charge in [0.2, 0.25) is 0 Å². The Kier molecular flexibility index (Phi) is 6.78. The zero-order valence-corrected chi connectivity index (χ0v) is 16.8. The Morgan fingerprint density at radius 3 is 2.59 bits per heavy atom. The molecule has 0 saturated carbocycles. The number of rotatable bonds is 7. The Bertz CT molecular complexity index is 971. The van der Waals surface area contributed by atoms with Gasteiger partial charge in [-0.1, -0.05) is 30.3 Å². The second-order valence-corrected chi connectivity index (χ2v) is 6.47.